The zero-order valence-corrected chi connectivity index (χ0v) is 19.8. The summed E-state index contributed by atoms with van der Waals surface area (Å²) in [5, 5.41) is 4.71. The van der Waals surface area contributed by atoms with Gasteiger partial charge in [-0.05, 0) is 56.3 Å². The number of hydrogen-bond donors (Lipinski definition) is 4. The van der Waals surface area contributed by atoms with E-state index in [1.807, 2.05) is 9.44 Å². The third kappa shape index (κ3) is 6.56. The molecule has 10 nitrogen and oxygen atoms in total. The Bertz CT molecular complexity index is 1310. The Balaban J connectivity index is 1.63. The lowest BCUT2D eigenvalue weighted by Crippen LogP contribution is -2.35. The van der Waals surface area contributed by atoms with Crippen molar-refractivity contribution in [3.05, 3.63) is 83.9 Å². The first kappa shape index (κ1) is 24.7. The van der Waals surface area contributed by atoms with Crippen molar-refractivity contribution in [2.45, 2.75) is 23.6 Å². The van der Waals surface area contributed by atoms with Crippen LogP contribution in [0.4, 0.5) is 21.0 Å². The smallest absolute Gasteiger partial charge is 0.307 e. The molecule has 3 aromatic rings. The average Bonchev–Trinajstić information content (AvgIpc) is 2.73. The van der Waals surface area contributed by atoms with Crippen molar-refractivity contribution in [1.82, 2.24) is 9.44 Å². The van der Waals surface area contributed by atoms with E-state index in [-0.39, 0.29) is 21.2 Å². The molecule has 0 unspecified atom stereocenters. The van der Waals surface area contributed by atoms with Gasteiger partial charge in [0.05, 0.1) is 9.79 Å². The number of hydrogen-bond acceptors (Lipinski definition) is 6. The number of benzene rings is 3. The van der Waals surface area contributed by atoms with Gasteiger partial charge in [-0.3, -0.25) is 0 Å². The molecule has 0 bridgehead atoms. The minimum atomic E-state index is -4.08. The largest absolute Gasteiger partial charge is 0.333 e. The van der Waals surface area contributed by atoms with E-state index in [1.54, 1.807) is 38.1 Å². The molecule has 0 aliphatic heterocycles. The summed E-state index contributed by atoms with van der Waals surface area (Å²) in [6, 6.07) is 15.6. The Labute approximate surface area is 197 Å². The Hall–Kier alpha value is -3.90. The first-order valence-corrected chi connectivity index (χ1v) is 12.8. The summed E-state index contributed by atoms with van der Waals surface area (Å²) in [4.78, 5) is 24.2. The summed E-state index contributed by atoms with van der Waals surface area (Å²) in [7, 11) is -8.17. The number of nitrogens with one attached hydrogen (secondary N) is 4. The molecule has 0 aromatic heterocycles. The molecule has 178 valence electrons. The number of anilines is 2. The number of sulfonamides is 2. The third-order valence-corrected chi connectivity index (χ3v) is 7.19. The molecule has 0 fully saturated rings. The molecule has 0 heterocycles. The topological polar surface area (TPSA) is 151 Å². The fourth-order valence-corrected chi connectivity index (χ4v) is 4.60. The number of urea groups is 2. The van der Waals surface area contributed by atoms with Crippen LogP contribution < -0.4 is 20.1 Å². The van der Waals surface area contributed by atoms with Gasteiger partial charge in [0.1, 0.15) is 0 Å². The molecule has 0 saturated carbocycles. The molecular formula is C22H22N4O6S2. The van der Waals surface area contributed by atoms with Gasteiger partial charge >= 0.3 is 12.1 Å². The van der Waals surface area contributed by atoms with Gasteiger partial charge in [0.25, 0.3) is 20.0 Å². The minimum absolute atomic E-state index is 0.0740. The fraction of sp³-hybridized carbons (Fsp3) is 0.0909. The number of rotatable bonds is 6. The van der Waals surface area contributed by atoms with Crippen LogP contribution >= 0.6 is 0 Å². The van der Waals surface area contributed by atoms with E-state index in [0.717, 1.165) is 11.1 Å². The monoisotopic (exact) mass is 502 g/mol. The molecule has 0 aliphatic rings. The Kier molecular flexibility index (Phi) is 7.23. The highest BCUT2D eigenvalue weighted by Gasteiger charge is 2.19. The normalized spacial score (nSPS) is 11.4. The van der Waals surface area contributed by atoms with Crippen LogP contribution in [0.15, 0.2) is 82.6 Å². The summed E-state index contributed by atoms with van der Waals surface area (Å²) in [6.45, 7) is 3.60. The highest BCUT2D eigenvalue weighted by molar-refractivity contribution is 7.90. The predicted octanol–water partition coefficient (Wildman–Crippen LogP) is 3.32. The molecule has 0 radical (unpaired) electrons. The van der Waals surface area contributed by atoms with Crippen molar-refractivity contribution in [1.29, 1.82) is 0 Å². The second-order valence-corrected chi connectivity index (χ2v) is 10.7. The number of aryl methyl sites for hydroxylation is 2. The van der Waals surface area contributed by atoms with E-state index in [9.17, 15) is 26.4 Å². The lowest BCUT2D eigenvalue weighted by molar-refractivity contribution is 0.255. The van der Waals surface area contributed by atoms with E-state index in [4.69, 9.17) is 0 Å². The fourth-order valence-electron chi connectivity index (χ4n) is 2.78. The van der Waals surface area contributed by atoms with E-state index in [1.165, 1.54) is 48.5 Å². The van der Waals surface area contributed by atoms with Crippen LogP contribution in [0.5, 0.6) is 0 Å². The highest BCUT2D eigenvalue weighted by Crippen LogP contribution is 2.16. The van der Waals surface area contributed by atoms with Crippen molar-refractivity contribution in [3.8, 4) is 0 Å². The Morgan fingerprint density at radius 1 is 0.588 bits per heavy atom. The van der Waals surface area contributed by atoms with Crippen molar-refractivity contribution in [3.63, 3.8) is 0 Å². The maximum atomic E-state index is 12.3. The number of amides is 4. The highest BCUT2D eigenvalue weighted by atomic mass is 32.2. The Morgan fingerprint density at radius 2 is 0.941 bits per heavy atom. The quantitative estimate of drug-likeness (QED) is 0.406. The first-order valence-electron chi connectivity index (χ1n) is 9.86. The lowest BCUT2D eigenvalue weighted by atomic mass is 10.2. The van der Waals surface area contributed by atoms with E-state index < -0.39 is 32.1 Å². The molecule has 34 heavy (non-hydrogen) atoms. The van der Waals surface area contributed by atoms with Gasteiger partial charge in [0.2, 0.25) is 0 Å². The molecule has 0 spiro atoms. The van der Waals surface area contributed by atoms with Gasteiger partial charge in [0.15, 0.2) is 0 Å². The molecule has 4 N–H and O–H groups in total. The van der Waals surface area contributed by atoms with Gasteiger partial charge in [0, 0.05) is 11.4 Å². The van der Waals surface area contributed by atoms with Crippen LogP contribution in [0.25, 0.3) is 0 Å². The summed E-state index contributed by atoms with van der Waals surface area (Å²) in [6.07, 6.45) is 0. The molecule has 4 amide bonds. The van der Waals surface area contributed by atoms with Crippen LogP contribution in [0, 0.1) is 13.8 Å². The van der Waals surface area contributed by atoms with Gasteiger partial charge in [-0.2, -0.15) is 0 Å². The molecule has 3 rings (SSSR count). The molecule has 3 aromatic carbocycles. The maximum Gasteiger partial charge on any atom is 0.333 e. The first-order chi connectivity index (χ1) is 15.9. The molecular weight excluding hydrogens is 480 g/mol. The van der Waals surface area contributed by atoms with Crippen molar-refractivity contribution in [2.24, 2.45) is 0 Å². The standard InChI is InChI=1S/C22H22N4O6S2/c1-15-6-10-19(11-7-15)33(29,30)25-21(27)23-17-4-3-5-18(14-17)24-22(28)26-34(31,32)20-12-8-16(2)9-13-20/h3-14H,1-2H3,(H2,23,25,27)(H2,24,26,28). The summed E-state index contributed by atoms with van der Waals surface area (Å²) in [5.41, 5.74) is 2.05. The van der Waals surface area contributed by atoms with Crippen molar-refractivity contribution in [2.75, 3.05) is 10.6 Å². The second kappa shape index (κ2) is 9.93. The van der Waals surface area contributed by atoms with Gasteiger partial charge in [-0.15, -0.1) is 0 Å². The second-order valence-electron chi connectivity index (χ2n) is 7.33. The van der Waals surface area contributed by atoms with Gasteiger partial charge in [-0.1, -0.05) is 41.5 Å². The van der Waals surface area contributed by atoms with Crippen molar-refractivity contribution >= 4 is 43.5 Å². The zero-order chi connectivity index (χ0) is 24.9. The van der Waals surface area contributed by atoms with Crippen LogP contribution in [0.1, 0.15) is 11.1 Å². The lowest BCUT2D eigenvalue weighted by Gasteiger charge is -2.11. The van der Waals surface area contributed by atoms with E-state index in [2.05, 4.69) is 10.6 Å². The zero-order valence-electron chi connectivity index (χ0n) is 18.2. The average molecular weight is 503 g/mol. The van der Waals surface area contributed by atoms with Crippen LogP contribution in [-0.4, -0.2) is 28.9 Å². The third-order valence-electron chi connectivity index (χ3n) is 4.50. The molecule has 12 heteroatoms. The maximum absolute atomic E-state index is 12.3. The Morgan fingerprint density at radius 3 is 1.29 bits per heavy atom. The summed E-state index contributed by atoms with van der Waals surface area (Å²) < 4.78 is 53.1. The van der Waals surface area contributed by atoms with Gasteiger partial charge < -0.3 is 10.6 Å². The van der Waals surface area contributed by atoms with Gasteiger partial charge in [-0.25, -0.2) is 35.9 Å². The summed E-state index contributed by atoms with van der Waals surface area (Å²) >= 11 is 0. The van der Waals surface area contributed by atoms with Crippen LogP contribution in [0.3, 0.4) is 0 Å². The van der Waals surface area contributed by atoms with E-state index in [0.29, 0.717) is 0 Å². The molecule has 0 atom stereocenters. The predicted molar refractivity (Wildman–Crippen MR) is 127 cm³/mol. The summed E-state index contributed by atoms with van der Waals surface area (Å²) in [5.74, 6) is 0. The van der Waals surface area contributed by atoms with E-state index >= 15 is 0 Å². The van der Waals surface area contributed by atoms with Crippen molar-refractivity contribution < 1.29 is 26.4 Å². The minimum Gasteiger partial charge on any atom is -0.307 e. The number of carbonyl (C=O) groups is 2. The molecule has 0 saturated heterocycles. The van der Waals surface area contributed by atoms with Crippen LogP contribution in [0.2, 0.25) is 0 Å². The SMILES string of the molecule is Cc1ccc(S(=O)(=O)NC(=O)Nc2cccc(NC(=O)NS(=O)(=O)c3ccc(C)cc3)c2)cc1. The number of carbonyl (C=O) groups excluding carboxylic acids is 2. The molecule has 0 aliphatic carbocycles. The van der Waals surface area contributed by atoms with Crippen LogP contribution in [-0.2, 0) is 20.0 Å².